The third kappa shape index (κ3) is 3.68. The van der Waals surface area contributed by atoms with Crippen LogP contribution in [0.5, 0.6) is 0 Å². The van der Waals surface area contributed by atoms with E-state index in [1.165, 1.54) is 0 Å². The summed E-state index contributed by atoms with van der Waals surface area (Å²) in [6.07, 6.45) is 0.609. The first-order valence-corrected chi connectivity index (χ1v) is 6.52. The van der Waals surface area contributed by atoms with Crippen LogP contribution in [-0.4, -0.2) is 28.5 Å². The van der Waals surface area contributed by atoms with Crippen molar-refractivity contribution in [1.82, 2.24) is 10.3 Å². The van der Waals surface area contributed by atoms with Crippen LogP contribution in [-0.2, 0) is 6.42 Å². The minimum atomic E-state index is -0.953. The largest absolute Gasteiger partial charge is 0.478 e. The molecule has 0 atom stereocenters. The van der Waals surface area contributed by atoms with Crippen molar-refractivity contribution >= 4 is 11.9 Å². The minimum absolute atomic E-state index is 0.230. The van der Waals surface area contributed by atoms with Crippen molar-refractivity contribution in [2.45, 2.75) is 20.3 Å². The van der Waals surface area contributed by atoms with Gasteiger partial charge < -0.3 is 14.8 Å². The zero-order valence-electron chi connectivity index (χ0n) is 11.8. The van der Waals surface area contributed by atoms with Crippen LogP contribution in [0.25, 0.3) is 0 Å². The molecular weight excluding hydrogens is 272 g/mol. The highest BCUT2D eigenvalue weighted by atomic mass is 16.4. The van der Waals surface area contributed by atoms with Crippen molar-refractivity contribution in [2.75, 3.05) is 6.54 Å². The number of nitrogens with zero attached hydrogens (tertiary/aromatic N) is 1. The van der Waals surface area contributed by atoms with E-state index in [1.807, 2.05) is 0 Å². The molecule has 0 radical (unpaired) electrons. The molecule has 6 nitrogen and oxygen atoms in total. The van der Waals surface area contributed by atoms with Gasteiger partial charge in [0.25, 0.3) is 5.91 Å². The molecule has 1 heterocycles. The van der Waals surface area contributed by atoms with Crippen molar-refractivity contribution in [3.05, 3.63) is 52.7 Å². The van der Waals surface area contributed by atoms with Crippen LogP contribution >= 0.6 is 0 Å². The molecule has 1 aromatic carbocycles. The lowest BCUT2D eigenvalue weighted by Gasteiger charge is -2.04. The number of oxazole rings is 1. The van der Waals surface area contributed by atoms with E-state index in [-0.39, 0.29) is 17.2 Å². The maximum absolute atomic E-state index is 11.9. The third-order valence-corrected chi connectivity index (χ3v) is 3.01. The Hall–Kier alpha value is -2.63. The average molecular weight is 288 g/mol. The highest BCUT2D eigenvalue weighted by molar-refractivity contribution is 5.92. The Bertz CT molecular complexity index is 659. The number of hydrogen-bond donors (Lipinski definition) is 2. The first-order chi connectivity index (χ1) is 9.97. The SMILES string of the molecule is Cc1nc(C)c(C(=O)NCCc2ccc(C(=O)O)cc2)o1. The van der Waals surface area contributed by atoms with Gasteiger partial charge in [0.15, 0.2) is 5.89 Å². The van der Waals surface area contributed by atoms with Gasteiger partial charge in [-0.1, -0.05) is 12.1 Å². The lowest BCUT2D eigenvalue weighted by Crippen LogP contribution is -2.25. The van der Waals surface area contributed by atoms with E-state index in [2.05, 4.69) is 10.3 Å². The van der Waals surface area contributed by atoms with Crippen molar-refractivity contribution in [1.29, 1.82) is 0 Å². The maximum Gasteiger partial charge on any atom is 0.335 e. The summed E-state index contributed by atoms with van der Waals surface area (Å²) in [4.78, 5) is 26.7. The predicted molar refractivity (Wildman–Crippen MR) is 75.4 cm³/mol. The van der Waals surface area contributed by atoms with Gasteiger partial charge in [0.1, 0.15) is 0 Å². The van der Waals surface area contributed by atoms with Crippen LogP contribution in [0.3, 0.4) is 0 Å². The summed E-state index contributed by atoms with van der Waals surface area (Å²) < 4.78 is 5.23. The number of nitrogens with one attached hydrogen (secondary N) is 1. The number of aromatic carboxylic acids is 1. The smallest absolute Gasteiger partial charge is 0.335 e. The number of aryl methyl sites for hydroxylation is 2. The van der Waals surface area contributed by atoms with Gasteiger partial charge in [-0.25, -0.2) is 9.78 Å². The number of carbonyl (C=O) groups excluding carboxylic acids is 1. The number of carboxylic acid groups (broad SMARTS) is 1. The molecule has 2 aromatic rings. The zero-order chi connectivity index (χ0) is 15.4. The Morgan fingerprint density at radius 2 is 1.90 bits per heavy atom. The molecule has 0 spiro atoms. The van der Waals surface area contributed by atoms with Crippen molar-refractivity contribution in [3.63, 3.8) is 0 Å². The molecule has 1 amide bonds. The summed E-state index contributed by atoms with van der Waals surface area (Å²) in [5.74, 6) is -0.558. The number of rotatable bonds is 5. The number of carboxylic acids is 1. The molecule has 0 aliphatic carbocycles. The van der Waals surface area contributed by atoms with Gasteiger partial charge in [0.05, 0.1) is 11.3 Å². The predicted octanol–water partition coefficient (Wildman–Crippen LogP) is 1.96. The Morgan fingerprint density at radius 1 is 1.24 bits per heavy atom. The van der Waals surface area contributed by atoms with Gasteiger partial charge in [0.2, 0.25) is 5.76 Å². The van der Waals surface area contributed by atoms with Gasteiger partial charge in [-0.05, 0) is 31.0 Å². The van der Waals surface area contributed by atoms with Crippen LogP contribution < -0.4 is 5.32 Å². The molecule has 0 aliphatic rings. The lowest BCUT2D eigenvalue weighted by atomic mass is 10.1. The second kappa shape index (κ2) is 6.21. The molecule has 2 rings (SSSR count). The van der Waals surface area contributed by atoms with Crippen molar-refractivity contribution in [3.8, 4) is 0 Å². The molecule has 0 saturated carbocycles. The normalized spacial score (nSPS) is 10.4. The summed E-state index contributed by atoms with van der Waals surface area (Å²) in [6, 6.07) is 6.56. The van der Waals surface area contributed by atoms with Gasteiger partial charge >= 0.3 is 5.97 Å². The minimum Gasteiger partial charge on any atom is -0.478 e. The molecule has 0 fully saturated rings. The van der Waals surface area contributed by atoms with Crippen LogP contribution in [0.2, 0.25) is 0 Å². The van der Waals surface area contributed by atoms with Gasteiger partial charge in [-0.15, -0.1) is 0 Å². The molecule has 21 heavy (non-hydrogen) atoms. The van der Waals surface area contributed by atoms with Gasteiger partial charge in [0, 0.05) is 13.5 Å². The molecular formula is C15H16N2O4. The Labute approximate surface area is 121 Å². The van der Waals surface area contributed by atoms with Gasteiger partial charge in [-0.2, -0.15) is 0 Å². The number of hydrogen-bond acceptors (Lipinski definition) is 4. The van der Waals surface area contributed by atoms with Gasteiger partial charge in [-0.3, -0.25) is 4.79 Å². The lowest BCUT2D eigenvalue weighted by molar-refractivity contribution is 0.0696. The van der Waals surface area contributed by atoms with Crippen LogP contribution in [0.15, 0.2) is 28.7 Å². The number of aromatic nitrogens is 1. The molecule has 0 saturated heterocycles. The Morgan fingerprint density at radius 3 is 2.43 bits per heavy atom. The fourth-order valence-electron chi connectivity index (χ4n) is 1.96. The summed E-state index contributed by atoms with van der Waals surface area (Å²) in [6.45, 7) is 3.84. The van der Waals surface area contributed by atoms with Crippen LogP contribution in [0.4, 0.5) is 0 Å². The number of amides is 1. The van der Waals surface area contributed by atoms with Crippen molar-refractivity contribution in [2.24, 2.45) is 0 Å². The highest BCUT2D eigenvalue weighted by Crippen LogP contribution is 2.09. The standard InChI is InChI=1S/C15H16N2O4/c1-9-13(21-10(2)17-9)14(18)16-8-7-11-3-5-12(6-4-11)15(19)20/h3-6H,7-8H2,1-2H3,(H,16,18)(H,19,20). The second-order valence-corrected chi connectivity index (χ2v) is 4.66. The first kappa shape index (κ1) is 14.8. The quantitative estimate of drug-likeness (QED) is 0.877. The van der Waals surface area contributed by atoms with Crippen LogP contribution in [0, 0.1) is 13.8 Å². The van der Waals surface area contributed by atoms with E-state index in [9.17, 15) is 9.59 Å². The molecule has 0 bridgehead atoms. The molecule has 1 aromatic heterocycles. The fraction of sp³-hybridized carbons (Fsp3) is 0.267. The van der Waals surface area contributed by atoms with E-state index in [1.54, 1.807) is 38.1 Å². The van der Waals surface area contributed by atoms with E-state index >= 15 is 0 Å². The van der Waals surface area contributed by atoms with Crippen LogP contribution in [0.1, 0.15) is 38.1 Å². The Balaban J connectivity index is 1.88. The maximum atomic E-state index is 11.9. The average Bonchev–Trinajstić information content (AvgIpc) is 2.78. The van der Waals surface area contributed by atoms with E-state index in [4.69, 9.17) is 9.52 Å². The monoisotopic (exact) mass is 288 g/mol. The molecule has 110 valence electrons. The number of carbonyl (C=O) groups is 2. The Kier molecular flexibility index (Phi) is 4.37. The second-order valence-electron chi connectivity index (χ2n) is 4.66. The molecule has 6 heteroatoms. The zero-order valence-corrected chi connectivity index (χ0v) is 11.8. The summed E-state index contributed by atoms with van der Waals surface area (Å²) in [5.41, 5.74) is 1.76. The number of benzene rings is 1. The van der Waals surface area contributed by atoms with E-state index < -0.39 is 5.97 Å². The molecule has 2 N–H and O–H groups in total. The van der Waals surface area contributed by atoms with Crippen molar-refractivity contribution < 1.29 is 19.1 Å². The summed E-state index contributed by atoms with van der Waals surface area (Å²) >= 11 is 0. The van der Waals surface area contributed by atoms with E-state index in [0.717, 1.165) is 5.56 Å². The summed E-state index contributed by atoms with van der Waals surface area (Å²) in [7, 11) is 0. The topological polar surface area (TPSA) is 92.4 Å². The van der Waals surface area contributed by atoms with E-state index in [0.29, 0.717) is 24.6 Å². The molecule has 0 aliphatic heterocycles. The first-order valence-electron chi connectivity index (χ1n) is 6.52. The summed E-state index contributed by atoms with van der Waals surface area (Å²) in [5, 5.41) is 11.6. The highest BCUT2D eigenvalue weighted by Gasteiger charge is 2.15. The third-order valence-electron chi connectivity index (χ3n) is 3.01. The fourth-order valence-corrected chi connectivity index (χ4v) is 1.96. The molecule has 0 unspecified atom stereocenters.